The number of aliphatic carboxylic acids is 1. The molecule has 1 atom stereocenters. The SMILES string of the molecule is O=C(O)[C@H]1Cc2ccccc2CN1C(=O)C1CC=CC1. The third kappa shape index (κ3) is 2.22. The fraction of sp³-hybridized carbons (Fsp3) is 0.375. The second-order valence-electron chi connectivity index (χ2n) is 5.43. The molecule has 0 fully saturated rings. The molecule has 20 heavy (non-hydrogen) atoms. The lowest BCUT2D eigenvalue weighted by atomic mass is 9.92. The summed E-state index contributed by atoms with van der Waals surface area (Å²) < 4.78 is 0. The number of fused-ring (bicyclic) bond motifs is 1. The van der Waals surface area contributed by atoms with Crippen LogP contribution in [0.4, 0.5) is 0 Å². The lowest BCUT2D eigenvalue weighted by Crippen LogP contribution is -2.50. The molecule has 1 heterocycles. The molecule has 4 heteroatoms. The number of carboxylic acid groups (broad SMARTS) is 1. The summed E-state index contributed by atoms with van der Waals surface area (Å²) >= 11 is 0. The Balaban J connectivity index is 1.88. The minimum atomic E-state index is -0.918. The fourth-order valence-electron chi connectivity index (χ4n) is 3.03. The van der Waals surface area contributed by atoms with Crippen LogP contribution in [0.15, 0.2) is 36.4 Å². The van der Waals surface area contributed by atoms with Gasteiger partial charge in [-0.3, -0.25) is 4.79 Å². The van der Waals surface area contributed by atoms with Gasteiger partial charge in [-0.05, 0) is 24.0 Å². The van der Waals surface area contributed by atoms with Gasteiger partial charge in [0.25, 0.3) is 0 Å². The zero-order valence-electron chi connectivity index (χ0n) is 11.2. The molecule has 1 aromatic carbocycles. The molecule has 3 rings (SSSR count). The first-order valence-corrected chi connectivity index (χ1v) is 6.92. The van der Waals surface area contributed by atoms with Crippen molar-refractivity contribution in [1.82, 2.24) is 4.90 Å². The summed E-state index contributed by atoms with van der Waals surface area (Å²) in [5.41, 5.74) is 2.10. The lowest BCUT2D eigenvalue weighted by molar-refractivity contribution is -0.153. The van der Waals surface area contributed by atoms with Crippen molar-refractivity contribution in [2.24, 2.45) is 5.92 Å². The molecule has 104 valence electrons. The van der Waals surface area contributed by atoms with E-state index < -0.39 is 12.0 Å². The molecule has 0 saturated carbocycles. The molecule has 4 nitrogen and oxygen atoms in total. The van der Waals surface area contributed by atoms with Crippen molar-refractivity contribution in [3.8, 4) is 0 Å². The summed E-state index contributed by atoms with van der Waals surface area (Å²) in [5.74, 6) is -1.03. The number of nitrogens with zero attached hydrogens (tertiary/aromatic N) is 1. The molecule has 1 amide bonds. The Labute approximate surface area is 117 Å². The number of carbonyl (C=O) groups is 2. The highest BCUT2D eigenvalue weighted by atomic mass is 16.4. The van der Waals surface area contributed by atoms with Crippen molar-refractivity contribution in [2.45, 2.75) is 31.8 Å². The van der Waals surface area contributed by atoms with Crippen molar-refractivity contribution in [3.63, 3.8) is 0 Å². The van der Waals surface area contributed by atoms with Gasteiger partial charge in [-0.25, -0.2) is 4.79 Å². The van der Waals surface area contributed by atoms with Crippen LogP contribution in [0.5, 0.6) is 0 Å². The zero-order valence-corrected chi connectivity index (χ0v) is 11.2. The van der Waals surface area contributed by atoms with E-state index in [1.54, 1.807) is 4.90 Å². The molecule has 0 unspecified atom stereocenters. The Morgan fingerprint density at radius 3 is 2.40 bits per heavy atom. The average molecular weight is 271 g/mol. The standard InChI is InChI=1S/C16H17NO3/c18-15(11-5-1-2-6-11)17-10-13-8-4-3-7-12(13)9-14(17)16(19)20/h1-4,7-8,11,14H,5-6,9-10H2,(H,19,20)/t14-/m1/s1. The van der Waals surface area contributed by atoms with E-state index in [4.69, 9.17) is 0 Å². The summed E-state index contributed by atoms with van der Waals surface area (Å²) in [5, 5.41) is 9.42. The summed E-state index contributed by atoms with van der Waals surface area (Å²) in [7, 11) is 0. The van der Waals surface area contributed by atoms with Crippen molar-refractivity contribution < 1.29 is 14.7 Å². The zero-order chi connectivity index (χ0) is 14.1. The van der Waals surface area contributed by atoms with Crippen molar-refractivity contribution >= 4 is 11.9 Å². The van der Waals surface area contributed by atoms with Gasteiger partial charge in [0.1, 0.15) is 6.04 Å². The van der Waals surface area contributed by atoms with E-state index in [9.17, 15) is 14.7 Å². The predicted octanol–water partition coefficient (Wildman–Crippen LogP) is 1.99. The van der Waals surface area contributed by atoms with Gasteiger partial charge in [-0.15, -0.1) is 0 Å². The number of hydrogen-bond acceptors (Lipinski definition) is 2. The van der Waals surface area contributed by atoms with E-state index in [2.05, 4.69) is 0 Å². The quantitative estimate of drug-likeness (QED) is 0.837. The van der Waals surface area contributed by atoms with E-state index in [0.717, 1.165) is 24.0 Å². The number of hydrogen-bond donors (Lipinski definition) is 1. The van der Waals surface area contributed by atoms with Gasteiger partial charge in [-0.1, -0.05) is 36.4 Å². The Kier molecular flexibility index (Phi) is 3.30. The molecule has 1 aliphatic carbocycles. The van der Waals surface area contributed by atoms with Gasteiger partial charge in [0.05, 0.1) is 0 Å². The summed E-state index contributed by atoms with van der Waals surface area (Å²) in [6.45, 7) is 0.405. The molecule has 2 aliphatic rings. The first-order valence-electron chi connectivity index (χ1n) is 6.92. The van der Waals surface area contributed by atoms with Crippen molar-refractivity contribution in [1.29, 1.82) is 0 Å². The van der Waals surface area contributed by atoms with Gasteiger partial charge in [0.15, 0.2) is 0 Å². The first-order chi connectivity index (χ1) is 9.66. The normalized spacial score (nSPS) is 21.8. The van der Waals surface area contributed by atoms with Crippen LogP contribution in [0.1, 0.15) is 24.0 Å². The molecule has 0 spiro atoms. The summed E-state index contributed by atoms with van der Waals surface area (Å²) in [4.78, 5) is 25.6. The lowest BCUT2D eigenvalue weighted by Gasteiger charge is -2.36. The number of carbonyl (C=O) groups excluding carboxylic acids is 1. The number of benzene rings is 1. The van der Waals surface area contributed by atoms with Crippen LogP contribution in [0.3, 0.4) is 0 Å². The molecule has 1 aromatic rings. The minimum absolute atomic E-state index is 0.0306. The third-order valence-electron chi connectivity index (χ3n) is 4.17. The summed E-state index contributed by atoms with van der Waals surface area (Å²) in [6.07, 6.45) is 5.84. The van der Waals surface area contributed by atoms with Crippen LogP contribution in [0.25, 0.3) is 0 Å². The first kappa shape index (κ1) is 12.9. The predicted molar refractivity (Wildman–Crippen MR) is 74.0 cm³/mol. The molecular formula is C16H17NO3. The highest BCUT2D eigenvalue weighted by molar-refractivity contribution is 5.86. The number of allylic oxidation sites excluding steroid dienone is 2. The van der Waals surface area contributed by atoms with Gasteiger partial charge in [-0.2, -0.15) is 0 Å². The maximum absolute atomic E-state index is 12.5. The van der Waals surface area contributed by atoms with Crippen molar-refractivity contribution in [3.05, 3.63) is 47.5 Å². The van der Waals surface area contributed by atoms with Gasteiger partial charge in [0, 0.05) is 18.9 Å². The maximum Gasteiger partial charge on any atom is 0.326 e. The Bertz CT molecular complexity index is 571. The topological polar surface area (TPSA) is 57.6 Å². The monoisotopic (exact) mass is 271 g/mol. The van der Waals surface area contributed by atoms with E-state index in [1.165, 1.54) is 0 Å². The van der Waals surface area contributed by atoms with Gasteiger partial charge in [0.2, 0.25) is 5.91 Å². The minimum Gasteiger partial charge on any atom is -0.480 e. The summed E-state index contributed by atoms with van der Waals surface area (Å²) in [6, 6.07) is 7.03. The second kappa shape index (κ2) is 5.12. The van der Waals surface area contributed by atoms with Gasteiger partial charge >= 0.3 is 5.97 Å². The molecule has 1 N–H and O–H groups in total. The third-order valence-corrected chi connectivity index (χ3v) is 4.17. The number of rotatable bonds is 2. The molecule has 1 aliphatic heterocycles. The largest absolute Gasteiger partial charge is 0.480 e. The van der Waals surface area contributed by atoms with Crippen LogP contribution in [-0.2, 0) is 22.6 Å². The molecular weight excluding hydrogens is 254 g/mol. The smallest absolute Gasteiger partial charge is 0.326 e. The van der Waals surface area contributed by atoms with E-state index >= 15 is 0 Å². The second-order valence-corrected chi connectivity index (χ2v) is 5.43. The fourth-order valence-corrected chi connectivity index (χ4v) is 3.03. The molecule has 0 bridgehead atoms. The van der Waals surface area contributed by atoms with E-state index in [1.807, 2.05) is 36.4 Å². The highest BCUT2D eigenvalue weighted by Crippen LogP contribution is 2.28. The van der Waals surface area contributed by atoms with Crippen molar-refractivity contribution in [2.75, 3.05) is 0 Å². The number of carboxylic acids is 1. The Morgan fingerprint density at radius 2 is 1.75 bits per heavy atom. The Hall–Kier alpha value is -2.10. The molecule has 0 aromatic heterocycles. The van der Waals surface area contributed by atoms with E-state index in [-0.39, 0.29) is 11.8 Å². The van der Waals surface area contributed by atoms with Gasteiger partial charge < -0.3 is 10.0 Å². The molecule has 0 saturated heterocycles. The molecule has 0 radical (unpaired) electrons. The Morgan fingerprint density at radius 1 is 1.10 bits per heavy atom. The highest BCUT2D eigenvalue weighted by Gasteiger charge is 2.37. The maximum atomic E-state index is 12.5. The van der Waals surface area contributed by atoms with Crippen LogP contribution in [0, 0.1) is 5.92 Å². The van der Waals surface area contributed by atoms with Crippen LogP contribution in [-0.4, -0.2) is 27.9 Å². The van der Waals surface area contributed by atoms with E-state index in [0.29, 0.717) is 13.0 Å². The van der Waals surface area contributed by atoms with Crippen LogP contribution >= 0.6 is 0 Å². The number of amides is 1. The van der Waals surface area contributed by atoms with Crippen LogP contribution in [0.2, 0.25) is 0 Å². The van der Waals surface area contributed by atoms with Crippen LogP contribution < -0.4 is 0 Å². The average Bonchev–Trinajstić information content (AvgIpc) is 2.99.